The van der Waals surface area contributed by atoms with Crippen molar-refractivity contribution in [2.24, 2.45) is 5.92 Å². The van der Waals surface area contributed by atoms with Crippen molar-refractivity contribution in [3.8, 4) is 0 Å². The Labute approximate surface area is 182 Å². The monoisotopic (exact) mass is 407 g/mol. The van der Waals surface area contributed by atoms with Crippen molar-refractivity contribution in [3.05, 3.63) is 72.5 Å². The normalized spacial score (nSPS) is 27.5. The lowest BCUT2D eigenvalue weighted by Gasteiger charge is -2.33. The number of nitrogens with zero attached hydrogens (tertiary/aromatic N) is 1. The number of ketones is 1. The number of ether oxygens (including phenoxy) is 1. The van der Waals surface area contributed by atoms with Gasteiger partial charge in [0, 0.05) is 13.0 Å². The molecule has 2 atom stereocenters. The van der Waals surface area contributed by atoms with Gasteiger partial charge >= 0.3 is 0 Å². The molecule has 0 unspecified atom stereocenters. The lowest BCUT2D eigenvalue weighted by Crippen LogP contribution is -2.39. The van der Waals surface area contributed by atoms with E-state index in [2.05, 4.69) is 48.7 Å². The third-order valence-corrected chi connectivity index (χ3v) is 6.70. The quantitative estimate of drug-likeness (QED) is 0.284. The molecule has 3 nitrogen and oxygen atoms in total. The van der Waals surface area contributed by atoms with E-state index in [1.807, 2.05) is 25.2 Å². The highest BCUT2D eigenvalue weighted by atomic mass is 16.5. The van der Waals surface area contributed by atoms with E-state index in [0.717, 1.165) is 31.5 Å². The van der Waals surface area contributed by atoms with Crippen molar-refractivity contribution in [2.75, 3.05) is 13.2 Å². The second-order valence-electron chi connectivity index (χ2n) is 8.74. The zero-order valence-electron chi connectivity index (χ0n) is 18.6. The molecule has 0 aromatic heterocycles. The zero-order valence-corrected chi connectivity index (χ0v) is 18.6. The van der Waals surface area contributed by atoms with E-state index in [1.165, 1.54) is 18.4 Å². The summed E-state index contributed by atoms with van der Waals surface area (Å²) >= 11 is 0. The van der Waals surface area contributed by atoms with Crippen LogP contribution in [0.1, 0.15) is 63.9 Å². The van der Waals surface area contributed by atoms with Crippen LogP contribution in [0.4, 0.5) is 0 Å². The summed E-state index contributed by atoms with van der Waals surface area (Å²) < 4.78 is 6.43. The fourth-order valence-corrected chi connectivity index (χ4v) is 4.86. The summed E-state index contributed by atoms with van der Waals surface area (Å²) in [6.45, 7) is 9.62. The molecule has 2 aliphatic rings. The third-order valence-electron chi connectivity index (χ3n) is 6.70. The zero-order chi connectivity index (χ0) is 21.3. The van der Waals surface area contributed by atoms with Crippen LogP contribution in [0.2, 0.25) is 0 Å². The molecule has 1 aliphatic heterocycles. The van der Waals surface area contributed by atoms with Crippen molar-refractivity contribution in [3.63, 3.8) is 0 Å². The number of hydrogen-bond acceptors (Lipinski definition) is 3. The van der Waals surface area contributed by atoms with Gasteiger partial charge in [-0.05, 0) is 62.5 Å². The standard InChI is InChI=1S/C27H37NO2/c1-4-6-13-25(27(29)10-5-2)28-19-18-21(3)26(28)20-30-24-16-14-23(15-17-24)22-11-8-7-9-12-22/h4-9,11-13,21,23-24,26H,2,10,14-20H2,1,3H3/b6-4-,25-13+/t21-,23?,24?,26-/m0/s1. The molecule has 2 fully saturated rings. The molecule has 0 radical (unpaired) electrons. The maximum atomic E-state index is 12.7. The van der Waals surface area contributed by atoms with Crippen molar-refractivity contribution in [2.45, 2.75) is 70.4 Å². The largest absolute Gasteiger partial charge is 0.376 e. The molecule has 0 amide bonds. The predicted octanol–water partition coefficient (Wildman–Crippen LogP) is 6.05. The average Bonchev–Trinajstić information content (AvgIpc) is 3.14. The van der Waals surface area contributed by atoms with E-state index in [1.54, 1.807) is 6.08 Å². The predicted molar refractivity (Wildman–Crippen MR) is 124 cm³/mol. The van der Waals surface area contributed by atoms with E-state index in [4.69, 9.17) is 4.74 Å². The van der Waals surface area contributed by atoms with Crippen molar-refractivity contribution in [1.82, 2.24) is 4.90 Å². The van der Waals surface area contributed by atoms with Gasteiger partial charge in [-0.3, -0.25) is 4.79 Å². The molecule has 162 valence electrons. The Morgan fingerprint density at radius 2 is 1.90 bits per heavy atom. The summed E-state index contributed by atoms with van der Waals surface area (Å²) in [6.07, 6.45) is 14.0. The number of Topliss-reactive ketones (excluding diaryl/α,β-unsaturated/α-hetero) is 1. The molecule has 0 spiro atoms. The van der Waals surface area contributed by atoms with Crippen LogP contribution in [0.15, 0.2) is 66.9 Å². The first kappa shape index (κ1) is 22.6. The molecule has 0 N–H and O–H groups in total. The second kappa shape index (κ2) is 11.3. The van der Waals surface area contributed by atoms with Gasteiger partial charge in [0.05, 0.1) is 24.4 Å². The van der Waals surface area contributed by atoms with E-state index in [0.29, 0.717) is 31.0 Å². The fourth-order valence-electron chi connectivity index (χ4n) is 4.86. The van der Waals surface area contributed by atoms with Gasteiger partial charge in [-0.2, -0.15) is 0 Å². The summed E-state index contributed by atoms with van der Waals surface area (Å²) in [5.74, 6) is 1.33. The molecular weight excluding hydrogens is 370 g/mol. The average molecular weight is 408 g/mol. The number of rotatable bonds is 9. The van der Waals surface area contributed by atoms with E-state index >= 15 is 0 Å². The molecule has 1 saturated heterocycles. The van der Waals surface area contributed by atoms with E-state index in [-0.39, 0.29) is 11.8 Å². The maximum Gasteiger partial charge on any atom is 0.182 e. The van der Waals surface area contributed by atoms with Crippen molar-refractivity contribution >= 4 is 5.78 Å². The van der Waals surface area contributed by atoms with Gasteiger partial charge in [0.2, 0.25) is 0 Å². The number of allylic oxidation sites excluding steroid dienone is 5. The molecule has 1 heterocycles. The SMILES string of the molecule is C=CCC(=O)/C(=C\C=C/C)N1CC[C@H](C)[C@@H]1COC1CCC(c2ccccc2)CC1. The topological polar surface area (TPSA) is 29.5 Å². The number of carbonyl (C=O) groups excluding carboxylic acids is 1. The molecule has 1 saturated carbocycles. The Morgan fingerprint density at radius 3 is 2.57 bits per heavy atom. The summed E-state index contributed by atoms with van der Waals surface area (Å²) in [7, 11) is 0. The highest BCUT2D eigenvalue weighted by Crippen LogP contribution is 2.35. The molecular formula is C27H37NO2. The summed E-state index contributed by atoms with van der Waals surface area (Å²) in [5.41, 5.74) is 2.27. The van der Waals surface area contributed by atoms with E-state index < -0.39 is 0 Å². The van der Waals surface area contributed by atoms with Gasteiger partial charge in [0.25, 0.3) is 0 Å². The summed E-state index contributed by atoms with van der Waals surface area (Å²) in [4.78, 5) is 15.0. The highest BCUT2D eigenvalue weighted by molar-refractivity contribution is 5.96. The van der Waals surface area contributed by atoms with Crippen LogP contribution in [0.3, 0.4) is 0 Å². The van der Waals surface area contributed by atoms with E-state index in [9.17, 15) is 4.79 Å². The van der Waals surface area contributed by atoms with Crippen LogP contribution in [0.25, 0.3) is 0 Å². The Morgan fingerprint density at radius 1 is 1.17 bits per heavy atom. The number of hydrogen-bond donors (Lipinski definition) is 0. The van der Waals surface area contributed by atoms with Crippen LogP contribution < -0.4 is 0 Å². The molecule has 30 heavy (non-hydrogen) atoms. The third kappa shape index (κ3) is 5.72. The molecule has 1 aromatic rings. The van der Waals surface area contributed by atoms with Gasteiger partial charge in [-0.25, -0.2) is 0 Å². The van der Waals surface area contributed by atoms with Gasteiger partial charge in [-0.15, -0.1) is 6.58 Å². The molecule has 3 rings (SSSR count). The van der Waals surface area contributed by atoms with Crippen molar-refractivity contribution in [1.29, 1.82) is 0 Å². The van der Waals surface area contributed by atoms with Crippen LogP contribution >= 0.6 is 0 Å². The Hall–Kier alpha value is -2.13. The summed E-state index contributed by atoms with van der Waals surface area (Å²) in [6, 6.07) is 11.1. The molecule has 1 aromatic carbocycles. The smallest absolute Gasteiger partial charge is 0.182 e. The first-order chi connectivity index (χ1) is 14.6. The Balaban J connectivity index is 1.58. The van der Waals surface area contributed by atoms with Gasteiger partial charge in [0.15, 0.2) is 5.78 Å². The first-order valence-corrected chi connectivity index (χ1v) is 11.5. The minimum Gasteiger partial charge on any atom is -0.376 e. The Kier molecular flexibility index (Phi) is 8.50. The number of likely N-dealkylation sites (tertiary alicyclic amines) is 1. The van der Waals surface area contributed by atoms with Gasteiger partial charge < -0.3 is 9.64 Å². The lowest BCUT2D eigenvalue weighted by molar-refractivity contribution is -0.116. The van der Waals surface area contributed by atoms with Crippen molar-refractivity contribution < 1.29 is 9.53 Å². The first-order valence-electron chi connectivity index (χ1n) is 11.5. The fraction of sp³-hybridized carbons (Fsp3) is 0.519. The molecule has 3 heteroatoms. The van der Waals surface area contributed by atoms with Gasteiger partial charge in [0.1, 0.15) is 0 Å². The van der Waals surface area contributed by atoms with Crippen LogP contribution in [-0.2, 0) is 9.53 Å². The number of benzene rings is 1. The minimum absolute atomic E-state index is 0.144. The number of carbonyl (C=O) groups is 1. The van der Waals surface area contributed by atoms with Crippen LogP contribution in [-0.4, -0.2) is 36.0 Å². The Bertz CT molecular complexity index is 743. The minimum atomic E-state index is 0.144. The van der Waals surface area contributed by atoms with Gasteiger partial charge in [-0.1, -0.05) is 55.5 Å². The lowest BCUT2D eigenvalue weighted by atomic mass is 9.83. The maximum absolute atomic E-state index is 12.7. The summed E-state index contributed by atoms with van der Waals surface area (Å²) in [5, 5.41) is 0. The highest BCUT2D eigenvalue weighted by Gasteiger charge is 2.35. The van der Waals surface area contributed by atoms with Crippen LogP contribution in [0.5, 0.6) is 0 Å². The van der Waals surface area contributed by atoms with Crippen LogP contribution in [0, 0.1) is 5.92 Å². The molecule has 1 aliphatic carbocycles. The second-order valence-corrected chi connectivity index (χ2v) is 8.74. The molecule has 0 bridgehead atoms.